The Labute approximate surface area is 124 Å². The van der Waals surface area contributed by atoms with Crippen LogP contribution in [-0.4, -0.2) is 53.7 Å². The summed E-state index contributed by atoms with van der Waals surface area (Å²) in [6, 6.07) is 6.02. The third-order valence-corrected chi connectivity index (χ3v) is 4.17. The van der Waals surface area contributed by atoms with Crippen molar-refractivity contribution in [2.75, 3.05) is 31.5 Å². The van der Waals surface area contributed by atoms with Crippen LogP contribution in [0.1, 0.15) is 13.8 Å². The Hall–Kier alpha value is -1.50. The van der Waals surface area contributed by atoms with Crippen LogP contribution in [0.4, 0.5) is 10.1 Å². The molecule has 0 bridgehead atoms. The van der Waals surface area contributed by atoms with Crippen LogP contribution in [0.5, 0.6) is 0 Å². The fourth-order valence-corrected chi connectivity index (χ4v) is 2.54. The first-order chi connectivity index (χ1) is 9.96. The molecule has 1 aromatic rings. The van der Waals surface area contributed by atoms with Crippen LogP contribution in [-0.2, 0) is 4.79 Å². The average molecular weight is 295 g/mol. The molecule has 6 heteroatoms. The highest BCUT2D eigenvalue weighted by Crippen LogP contribution is 2.24. The standard InChI is InChI=1S/C15H22FN3O2/c1-11(20)15(2,19-9-7-17-8-10-19)14(21)18-13-6-4-3-5-12(13)16/h3-6,11,17,20H,7-10H2,1-2H3,(H,18,21). The average Bonchev–Trinajstić information content (AvgIpc) is 2.49. The van der Waals surface area contributed by atoms with Gasteiger partial charge in [0.15, 0.2) is 0 Å². The number of nitrogens with one attached hydrogen (secondary N) is 2. The van der Waals surface area contributed by atoms with Crippen molar-refractivity contribution in [2.24, 2.45) is 0 Å². The summed E-state index contributed by atoms with van der Waals surface area (Å²) in [4.78, 5) is 14.6. The van der Waals surface area contributed by atoms with Crippen molar-refractivity contribution in [3.63, 3.8) is 0 Å². The topological polar surface area (TPSA) is 64.6 Å². The molecule has 1 aliphatic heterocycles. The van der Waals surface area contributed by atoms with E-state index in [0.717, 1.165) is 13.1 Å². The van der Waals surface area contributed by atoms with Crippen LogP contribution < -0.4 is 10.6 Å². The van der Waals surface area contributed by atoms with Gasteiger partial charge in [0.1, 0.15) is 11.4 Å². The molecule has 1 aromatic carbocycles. The summed E-state index contributed by atoms with van der Waals surface area (Å²) in [5.74, 6) is -0.886. The van der Waals surface area contributed by atoms with Gasteiger partial charge in [0.05, 0.1) is 11.8 Å². The fraction of sp³-hybridized carbons (Fsp3) is 0.533. The Morgan fingerprint density at radius 3 is 2.62 bits per heavy atom. The predicted molar refractivity (Wildman–Crippen MR) is 79.6 cm³/mol. The van der Waals surface area contributed by atoms with Gasteiger partial charge in [-0.1, -0.05) is 12.1 Å². The molecule has 0 saturated carbocycles. The number of piperazine rings is 1. The fourth-order valence-electron chi connectivity index (χ4n) is 2.54. The zero-order chi connectivity index (χ0) is 15.5. The molecule has 1 amide bonds. The SMILES string of the molecule is CC(O)C(C)(C(=O)Nc1ccccc1F)N1CCNCC1. The molecule has 0 aromatic heterocycles. The van der Waals surface area contributed by atoms with Crippen LogP contribution in [0.3, 0.4) is 0 Å². The largest absolute Gasteiger partial charge is 0.391 e. The molecule has 2 atom stereocenters. The highest BCUT2D eigenvalue weighted by molar-refractivity contribution is 5.98. The minimum absolute atomic E-state index is 0.129. The van der Waals surface area contributed by atoms with E-state index in [4.69, 9.17) is 0 Å². The minimum atomic E-state index is -1.09. The van der Waals surface area contributed by atoms with Crippen molar-refractivity contribution in [3.8, 4) is 0 Å². The van der Waals surface area contributed by atoms with Gasteiger partial charge >= 0.3 is 0 Å². The summed E-state index contributed by atoms with van der Waals surface area (Å²) in [6.07, 6.45) is -0.873. The molecule has 2 unspecified atom stereocenters. The van der Waals surface area contributed by atoms with Crippen LogP contribution in [0, 0.1) is 5.82 Å². The van der Waals surface area contributed by atoms with Gasteiger partial charge in [-0.05, 0) is 26.0 Å². The van der Waals surface area contributed by atoms with Crippen molar-refractivity contribution in [2.45, 2.75) is 25.5 Å². The van der Waals surface area contributed by atoms with E-state index in [0.29, 0.717) is 13.1 Å². The monoisotopic (exact) mass is 295 g/mol. The summed E-state index contributed by atoms with van der Waals surface area (Å²) < 4.78 is 13.7. The van der Waals surface area contributed by atoms with Gasteiger partial charge in [0, 0.05) is 26.2 Å². The van der Waals surface area contributed by atoms with Gasteiger partial charge in [-0.2, -0.15) is 0 Å². The number of rotatable bonds is 4. The molecular weight excluding hydrogens is 273 g/mol. The number of hydrogen-bond acceptors (Lipinski definition) is 4. The number of amides is 1. The first-order valence-corrected chi connectivity index (χ1v) is 7.16. The van der Waals surface area contributed by atoms with E-state index in [9.17, 15) is 14.3 Å². The molecule has 0 radical (unpaired) electrons. The number of aliphatic hydroxyl groups excluding tert-OH is 1. The number of aliphatic hydroxyl groups is 1. The summed E-state index contributed by atoms with van der Waals surface area (Å²) >= 11 is 0. The van der Waals surface area contributed by atoms with Gasteiger partial charge in [0.2, 0.25) is 5.91 Å². The van der Waals surface area contributed by atoms with E-state index in [1.807, 2.05) is 4.90 Å². The second kappa shape index (κ2) is 6.51. The molecule has 1 aliphatic rings. The lowest BCUT2D eigenvalue weighted by molar-refractivity contribution is -0.135. The first kappa shape index (κ1) is 15.9. The number of benzene rings is 1. The number of carbonyl (C=O) groups excluding carboxylic acids is 1. The Morgan fingerprint density at radius 2 is 2.05 bits per heavy atom. The highest BCUT2D eigenvalue weighted by Gasteiger charge is 2.44. The summed E-state index contributed by atoms with van der Waals surface area (Å²) in [6.45, 7) is 6.12. The molecule has 5 nitrogen and oxygen atoms in total. The summed E-state index contributed by atoms with van der Waals surface area (Å²) in [5, 5.41) is 15.9. The third-order valence-electron chi connectivity index (χ3n) is 4.17. The number of halogens is 1. The molecule has 1 saturated heterocycles. The van der Waals surface area contributed by atoms with E-state index >= 15 is 0 Å². The maximum Gasteiger partial charge on any atom is 0.247 e. The minimum Gasteiger partial charge on any atom is -0.391 e. The van der Waals surface area contributed by atoms with Crippen molar-refractivity contribution in [1.29, 1.82) is 0 Å². The molecule has 0 spiro atoms. The van der Waals surface area contributed by atoms with Crippen molar-refractivity contribution < 1.29 is 14.3 Å². The molecule has 2 rings (SSSR count). The van der Waals surface area contributed by atoms with Gasteiger partial charge in [-0.25, -0.2) is 4.39 Å². The second-order valence-corrected chi connectivity index (χ2v) is 5.49. The van der Waals surface area contributed by atoms with E-state index in [1.165, 1.54) is 12.1 Å². The van der Waals surface area contributed by atoms with Crippen LogP contribution in [0.15, 0.2) is 24.3 Å². The molecule has 1 heterocycles. The van der Waals surface area contributed by atoms with Gasteiger partial charge < -0.3 is 15.7 Å². The van der Waals surface area contributed by atoms with Crippen molar-refractivity contribution >= 4 is 11.6 Å². The van der Waals surface area contributed by atoms with Gasteiger partial charge in [-0.3, -0.25) is 9.69 Å². The smallest absolute Gasteiger partial charge is 0.247 e. The normalized spacial score (nSPS) is 20.6. The second-order valence-electron chi connectivity index (χ2n) is 5.49. The van der Waals surface area contributed by atoms with Crippen molar-refractivity contribution in [3.05, 3.63) is 30.1 Å². The van der Waals surface area contributed by atoms with Crippen LogP contribution >= 0.6 is 0 Å². The maximum atomic E-state index is 13.7. The van der Waals surface area contributed by atoms with E-state index in [-0.39, 0.29) is 5.69 Å². The lowest BCUT2D eigenvalue weighted by Gasteiger charge is -2.44. The molecule has 21 heavy (non-hydrogen) atoms. The Bertz CT molecular complexity index is 503. The van der Waals surface area contributed by atoms with E-state index in [1.54, 1.807) is 26.0 Å². The zero-order valence-corrected chi connectivity index (χ0v) is 12.4. The number of anilines is 1. The van der Waals surface area contributed by atoms with E-state index < -0.39 is 23.4 Å². The molecule has 0 aliphatic carbocycles. The highest BCUT2D eigenvalue weighted by atomic mass is 19.1. The zero-order valence-electron chi connectivity index (χ0n) is 12.4. The molecular formula is C15H22FN3O2. The first-order valence-electron chi connectivity index (χ1n) is 7.16. The molecule has 1 fully saturated rings. The van der Waals surface area contributed by atoms with Gasteiger partial charge in [-0.15, -0.1) is 0 Å². The van der Waals surface area contributed by atoms with Crippen LogP contribution in [0.2, 0.25) is 0 Å². The lowest BCUT2D eigenvalue weighted by Crippen LogP contribution is -2.65. The quantitative estimate of drug-likeness (QED) is 0.769. The van der Waals surface area contributed by atoms with E-state index in [2.05, 4.69) is 10.6 Å². The van der Waals surface area contributed by atoms with Crippen molar-refractivity contribution in [1.82, 2.24) is 10.2 Å². The summed E-state index contributed by atoms with van der Waals surface area (Å²) in [7, 11) is 0. The molecule has 3 N–H and O–H groups in total. The Kier molecular flexibility index (Phi) is 4.92. The Morgan fingerprint density at radius 1 is 1.43 bits per heavy atom. The third kappa shape index (κ3) is 3.23. The molecule has 116 valence electrons. The number of carbonyl (C=O) groups is 1. The van der Waals surface area contributed by atoms with Gasteiger partial charge in [0.25, 0.3) is 0 Å². The summed E-state index contributed by atoms with van der Waals surface area (Å²) in [5.41, 5.74) is -0.964. The van der Waals surface area contributed by atoms with Crippen LogP contribution in [0.25, 0.3) is 0 Å². The number of hydrogen-bond donors (Lipinski definition) is 3. The predicted octanol–water partition coefficient (Wildman–Crippen LogP) is 0.809. The lowest BCUT2D eigenvalue weighted by atomic mass is 9.91. The number of para-hydroxylation sites is 1. The Balaban J connectivity index is 2.21. The maximum absolute atomic E-state index is 13.7. The number of nitrogens with zero attached hydrogens (tertiary/aromatic N) is 1.